The predicted octanol–water partition coefficient (Wildman–Crippen LogP) is 2.07. The summed E-state index contributed by atoms with van der Waals surface area (Å²) < 4.78 is 32.4. The SMILES string of the molecule is COC(=O)c1ccc(N(C)C(=O)CN(C)C(=O)C2CC(SC(C)=O)CN2S(=O)(=O)c2cccs2)cc1. The molecule has 0 aliphatic carbocycles. The first-order valence-corrected chi connectivity index (χ1v) is 14.1. The highest BCUT2D eigenvalue weighted by Gasteiger charge is 2.46. The molecular formula is C23H27N3O7S3. The molecular weight excluding hydrogens is 526 g/mol. The Labute approximate surface area is 218 Å². The van der Waals surface area contributed by atoms with E-state index in [-0.39, 0.29) is 34.1 Å². The minimum Gasteiger partial charge on any atom is -0.465 e. The zero-order chi connectivity index (χ0) is 26.6. The topological polar surface area (TPSA) is 121 Å². The number of hydrogen-bond acceptors (Lipinski definition) is 9. The van der Waals surface area contributed by atoms with Crippen molar-refractivity contribution >= 4 is 61.7 Å². The van der Waals surface area contributed by atoms with Crippen LogP contribution in [0, 0.1) is 0 Å². The Hall–Kier alpha value is -2.74. The van der Waals surface area contributed by atoms with E-state index >= 15 is 0 Å². The van der Waals surface area contributed by atoms with E-state index in [1.807, 2.05) is 0 Å². The van der Waals surface area contributed by atoms with Crippen LogP contribution >= 0.6 is 23.1 Å². The number of carbonyl (C=O) groups excluding carboxylic acids is 4. The third kappa shape index (κ3) is 6.14. The molecule has 1 aromatic carbocycles. The Bertz CT molecular complexity index is 1230. The summed E-state index contributed by atoms with van der Waals surface area (Å²) in [5.74, 6) is -1.43. The number of thiophene rings is 1. The lowest BCUT2D eigenvalue weighted by Gasteiger charge is -2.28. The van der Waals surface area contributed by atoms with Crippen molar-refractivity contribution in [3.05, 3.63) is 47.3 Å². The molecule has 1 aliphatic rings. The number of hydrogen-bond donors (Lipinski definition) is 0. The van der Waals surface area contributed by atoms with E-state index in [1.165, 1.54) is 56.1 Å². The standard InChI is InChI=1S/C23H27N3O7S3/c1-15(27)35-18-12-19(26(13-18)36(31,32)21-6-5-11-34-21)22(29)24(2)14-20(28)25(3)17-9-7-16(8-10-17)23(30)33-4/h5-11,18-19H,12-14H2,1-4H3. The molecule has 13 heteroatoms. The number of thioether (sulfide) groups is 1. The van der Waals surface area contributed by atoms with Gasteiger partial charge in [0.25, 0.3) is 10.0 Å². The average molecular weight is 554 g/mol. The van der Waals surface area contributed by atoms with Gasteiger partial charge in [0.1, 0.15) is 10.3 Å². The Kier molecular flexibility index (Phi) is 8.93. The molecule has 3 rings (SSSR count). The zero-order valence-electron chi connectivity index (χ0n) is 20.2. The number of nitrogens with zero attached hydrogens (tertiary/aromatic N) is 3. The first kappa shape index (κ1) is 27.8. The number of sulfonamides is 1. The minimum absolute atomic E-state index is 0.0229. The van der Waals surface area contributed by atoms with Crippen molar-refractivity contribution in [1.29, 1.82) is 0 Å². The van der Waals surface area contributed by atoms with Crippen LogP contribution in [0.1, 0.15) is 23.7 Å². The van der Waals surface area contributed by atoms with Crippen LogP contribution in [0.4, 0.5) is 5.69 Å². The number of carbonyl (C=O) groups is 4. The summed E-state index contributed by atoms with van der Waals surface area (Å²) in [7, 11) is 0.307. The van der Waals surface area contributed by atoms with Crippen LogP contribution < -0.4 is 4.90 Å². The molecule has 0 saturated carbocycles. The van der Waals surface area contributed by atoms with Gasteiger partial charge in [-0.25, -0.2) is 13.2 Å². The molecule has 1 aliphatic heterocycles. The summed E-state index contributed by atoms with van der Waals surface area (Å²) >= 11 is 2.06. The molecule has 2 atom stereocenters. The van der Waals surface area contributed by atoms with E-state index < -0.39 is 33.8 Å². The number of methoxy groups -OCH3 is 1. The Morgan fingerprint density at radius 1 is 1.14 bits per heavy atom. The molecule has 1 fully saturated rings. The van der Waals surface area contributed by atoms with Gasteiger partial charge in [0.05, 0.1) is 19.2 Å². The Morgan fingerprint density at radius 2 is 1.81 bits per heavy atom. The quantitative estimate of drug-likeness (QED) is 0.456. The van der Waals surface area contributed by atoms with Crippen LogP contribution in [0.2, 0.25) is 0 Å². The first-order chi connectivity index (χ1) is 16.9. The second kappa shape index (κ2) is 11.5. The summed E-state index contributed by atoms with van der Waals surface area (Å²) in [5, 5.41) is 1.11. The fourth-order valence-corrected chi connectivity index (χ4v) is 7.66. The fourth-order valence-electron chi connectivity index (χ4n) is 3.83. The number of benzene rings is 1. The normalized spacial score (nSPS) is 18.0. The Balaban J connectivity index is 1.74. The van der Waals surface area contributed by atoms with Gasteiger partial charge in [-0.15, -0.1) is 11.3 Å². The highest BCUT2D eigenvalue weighted by atomic mass is 32.2. The van der Waals surface area contributed by atoms with Gasteiger partial charge in [-0.3, -0.25) is 14.4 Å². The molecule has 2 unspecified atom stereocenters. The van der Waals surface area contributed by atoms with Crippen molar-refractivity contribution in [2.24, 2.45) is 0 Å². The molecule has 0 bridgehead atoms. The van der Waals surface area contributed by atoms with Crippen LogP contribution in [0.5, 0.6) is 0 Å². The first-order valence-electron chi connectivity index (χ1n) is 10.9. The van der Waals surface area contributed by atoms with Crippen molar-refractivity contribution in [3.63, 3.8) is 0 Å². The monoisotopic (exact) mass is 553 g/mol. The van der Waals surface area contributed by atoms with Gasteiger partial charge in [0.15, 0.2) is 5.12 Å². The van der Waals surface area contributed by atoms with Gasteiger partial charge in [0.2, 0.25) is 11.8 Å². The van der Waals surface area contributed by atoms with E-state index in [0.29, 0.717) is 11.3 Å². The predicted molar refractivity (Wildman–Crippen MR) is 138 cm³/mol. The van der Waals surface area contributed by atoms with E-state index in [4.69, 9.17) is 0 Å². The minimum atomic E-state index is -3.95. The van der Waals surface area contributed by atoms with Gasteiger partial charge in [-0.05, 0) is 42.1 Å². The molecule has 1 saturated heterocycles. The lowest BCUT2D eigenvalue weighted by atomic mass is 10.2. The number of rotatable bonds is 8. The van der Waals surface area contributed by atoms with Crippen molar-refractivity contribution in [3.8, 4) is 0 Å². The largest absolute Gasteiger partial charge is 0.465 e. The lowest BCUT2D eigenvalue weighted by Crippen LogP contribution is -2.49. The second-order valence-electron chi connectivity index (χ2n) is 8.18. The molecule has 36 heavy (non-hydrogen) atoms. The van der Waals surface area contributed by atoms with Crippen molar-refractivity contribution < 1.29 is 32.3 Å². The lowest BCUT2D eigenvalue weighted by molar-refractivity contribution is -0.136. The molecule has 194 valence electrons. The summed E-state index contributed by atoms with van der Waals surface area (Å²) in [6.07, 6.45) is 0.164. The summed E-state index contributed by atoms with van der Waals surface area (Å²) in [6, 6.07) is 8.28. The second-order valence-corrected chi connectivity index (χ2v) is 12.7. The van der Waals surface area contributed by atoms with Gasteiger partial charge in [-0.2, -0.15) is 4.31 Å². The summed E-state index contributed by atoms with van der Waals surface area (Å²) in [6.45, 7) is 1.13. The fraction of sp³-hybridized carbons (Fsp3) is 0.391. The van der Waals surface area contributed by atoms with E-state index in [2.05, 4.69) is 4.74 Å². The highest BCUT2D eigenvalue weighted by molar-refractivity contribution is 8.14. The molecule has 0 N–H and O–H groups in total. The third-order valence-corrected chi connectivity index (χ3v) is 9.95. The van der Waals surface area contributed by atoms with Crippen molar-refractivity contribution in [2.75, 3.05) is 39.2 Å². The molecule has 2 amide bonds. The van der Waals surface area contributed by atoms with Crippen molar-refractivity contribution in [2.45, 2.75) is 28.8 Å². The molecule has 1 aromatic heterocycles. The molecule has 10 nitrogen and oxygen atoms in total. The van der Waals surface area contributed by atoms with Crippen LogP contribution in [0.25, 0.3) is 0 Å². The maximum Gasteiger partial charge on any atom is 0.337 e. The number of esters is 1. The van der Waals surface area contributed by atoms with Crippen LogP contribution in [0.3, 0.4) is 0 Å². The van der Waals surface area contributed by atoms with Crippen molar-refractivity contribution in [1.82, 2.24) is 9.21 Å². The molecule has 0 spiro atoms. The zero-order valence-corrected chi connectivity index (χ0v) is 22.7. The van der Waals surface area contributed by atoms with Gasteiger partial charge in [-0.1, -0.05) is 17.8 Å². The van der Waals surface area contributed by atoms with Crippen LogP contribution in [-0.4, -0.2) is 86.1 Å². The molecule has 0 radical (unpaired) electrons. The van der Waals surface area contributed by atoms with Gasteiger partial charge < -0.3 is 14.5 Å². The number of amides is 2. The maximum absolute atomic E-state index is 13.4. The summed E-state index contributed by atoms with van der Waals surface area (Å²) in [4.78, 5) is 52.0. The smallest absolute Gasteiger partial charge is 0.337 e. The Morgan fingerprint density at radius 3 is 2.36 bits per heavy atom. The van der Waals surface area contributed by atoms with Crippen LogP contribution in [0.15, 0.2) is 46.0 Å². The van der Waals surface area contributed by atoms with Gasteiger partial charge in [0, 0.05) is 38.5 Å². The van der Waals surface area contributed by atoms with E-state index in [1.54, 1.807) is 23.6 Å². The molecule has 2 heterocycles. The highest BCUT2D eigenvalue weighted by Crippen LogP contribution is 2.34. The van der Waals surface area contributed by atoms with Gasteiger partial charge >= 0.3 is 5.97 Å². The van der Waals surface area contributed by atoms with E-state index in [0.717, 1.165) is 27.4 Å². The third-order valence-electron chi connectivity index (χ3n) is 5.69. The number of ether oxygens (including phenoxy) is 1. The average Bonchev–Trinajstić information content (AvgIpc) is 3.53. The van der Waals surface area contributed by atoms with E-state index in [9.17, 15) is 27.6 Å². The maximum atomic E-state index is 13.4. The molecule has 2 aromatic rings. The van der Waals surface area contributed by atoms with Crippen LogP contribution in [-0.2, 0) is 29.1 Å². The number of likely N-dealkylation sites (N-methyl/N-ethyl adjacent to an activating group) is 2. The summed E-state index contributed by atoms with van der Waals surface area (Å²) in [5.41, 5.74) is 0.842. The number of anilines is 1.